The van der Waals surface area contributed by atoms with Crippen molar-refractivity contribution in [3.8, 4) is 5.75 Å². The summed E-state index contributed by atoms with van der Waals surface area (Å²) < 4.78 is 5.63. The van der Waals surface area contributed by atoms with Gasteiger partial charge in [0.05, 0.1) is 6.61 Å². The first-order valence-corrected chi connectivity index (χ1v) is 6.61. The number of unbranched alkanes of at least 4 members (excludes halogenated alkanes) is 6. The average molecular weight is 236 g/mol. The molecule has 98 valence electrons. The van der Waals surface area contributed by atoms with Crippen LogP contribution in [0.4, 0.5) is 0 Å². The van der Waals surface area contributed by atoms with Gasteiger partial charge in [-0.3, -0.25) is 0 Å². The predicted molar refractivity (Wildman–Crippen MR) is 76.7 cm³/mol. The van der Waals surface area contributed by atoms with Gasteiger partial charge in [-0.25, -0.2) is 0 Å². The van der Waals surface area contributed by atoms with Crippen molar-refractivity contribution in [2.24, 2.45) is 0 Å². The van der Waals surface area contributed by atoms with Crippen LogP contribution in [0.5, 0.6) is 5.75 Å². The van der Waals surface area contributed by atoms with Gasteiger partial charge in [-0.1, -0.05) is 71.1 Å². The molecule has 0 N–H and O–H groups in total. The molecule has 0 saturated heterocycles. The molecule has 0 spiro atoms. The van der Waals surface area contributed by atoms with Gasteiger partial charge in [0, 0.05) is 0 Å². The quantitative estimate of drug-likeness (QED) is 0.518. The lowest BCUT2D eigenvalue weighted by Crippen LogP contribution is -1.96. The summed E-state index contributed by atoms with van der Waals surface area (Å²) in [6.45, 7) is 3.12. The van der Waals surface area contributed by atoms with Gasteiger partial charge >= 0.3 is 0 Å². The first kappa shape index (κ1) is 16.0. The fourth-order valence-electron chi connectivity index (χ4n) is 1.77. The van der Waals surface area contributed by atoms with Crippen LogP contribution in [0.25, 0.3) is 0 Å². The normalized spacial score (nSPS) is 9.71. The number of hydrogen-bond donors (Lipinski definition) is 0. The zero-order chi connectivity index (χ0) is 11.5. The topological polar surface area (TPSA) is 9.23 Å². The van der Waals surface area contributed by atoms with E-state index in [1.54, 1.807) is 0 Å². The SMILES string of the molecule is C.CCCCCCCCCOc1ccccc1. The molecule has 0 heterocycles. The monoisotopic (exact) mass is 236 g/mol. The zero-order valence-corrected chi connectivity index (χ0v) is 10.5. The highest BCUT2D eigenvalue weighted by molar-refractivity contribution is 5.20. The van der Waals surface area contributed by atoms with E-state index in [4.69, 9.17) is 4.74 Å². The van der Waals surface area contributed by atoms with E-state index in [0.29, 0.717) is 0 Å². The third-order valence-corrected chi connectivity index (χ3v) is 2.76. The predicted octanol–water partition coefficient (Wildman–Crippen LogP) is 5.45. The van der Waals surface area contributed by atoms with Crippen molar-refractivity contribution < 1.29 is 4.74 Å². The van der Waals surface area contributed by atoms with Crippen LogP contribution in [0.3, 0.4) is 0 Å². The maximum absolute atomic E-state index is 5.63. The van der Waals surface area contributed by atoms with Crippen LogP contribution < -0.4 is 4.74 Å². The molecule has 0 saturated carbocycles. The third kappa shape index (κ3) is 8.79. The lowest BCUT2D eigenvalue weighted by molar-refractivity contribution is 0.304. The van der Waals surface area contributed by atoms with Crippen LogP contribution in [0.15, 0.2) is 30.3 Å². The Bertz CT molecular complexity index is 243. The average Bonchev–Trinajstić information content (AvgIpc) is 2.34. The zero-order valence-electron chi connectivity index (χ0n) is 10.5. The van der Waals surface area contributed by atoms with Crippen molar-refractivity contribution in [3.05, 3.63) is 30.3 Å². The van der Waals surface area contributed by atoms with Crippen molar-refractivity contribution >= 4 is 0 Å². The van der Waals surface area contributed by atoms with Crippen LogP contribution >= 0.6 is 0 Å². The molecule has 0 amide bonds. The van der Waals surface area contributed by atoms with E-state index in [-0.39, 0.29) is 7.43 Å². The number of rotatable bonds is 9. The Morgan fingerprint density at radius 3 is 2.06 bits per heavy atom. The minimum Gasteiger partial charge on any atom is -0.494 e. The number of hydrogen-bond acceptors (Lipinski definition) is 1. The largest absolute Gasteiger partial charge is 0.494 e. The second kappa shape index (κ2) is 11.5. The first-order valence-electron chi connectivity index (χ1n) is 6.61. The number of para-hydroxylation sites is 1. The lowest BCUT2D eigenvalue weighted by Gasteiger charge is -2.05. The molecule has 0 aromatic heterocycles. The molecular weight excluding hydrogens is 208 g/mol. The van der Waals surface area contributed by atoms with Gasteiger partial charge in [-0.2, -0.15) is 0 Å². The highest BCUT2D eigenvalue weighted by atomic mass is 16.5. The minimum absolute atomic E-state index is 0. The minimum atomic E-state index is 0. The summed E-state index contributed by atoms with van der Waals surface area (Å²) >= 11 is 0. The van der Waals surface area contributed by atoms with E-state index >= 15 is 0 Å². The van der Waals surface area contributed by atoms with Gasteiger partial charge in [-0.15, -0.1) is 0 Å². The fourth-order valence-corrected chi connectivity index (χ4v) is 1.77. The van der Waals surface area contributed by atoms with Crippen molar-refractivity contribution in [1.82, 2.24) is 0 Å². The molecule has 0 aliphatic rings. The number of ether oxygens (including phenoxy) is 1. The van der Waals surface area contributed by atoms with E-state index in [0.717, 1.165) is 12.4 Å². The molecule has 0 aliphatic heterocycles. The van der Waals surface area contributed by atoms with Crippen LogP contribution in [0.2, 0.25) is 0 Å². The Kier molecular flexibility index (Phi) is 10.8. The summed E-state index contributed by atoms with van der Waals surface area (Å²) in [6, 6.07) is 10.1. The second-order valence-corrected chi connectivity index (χ2v) is 4.28. The second-order valence-electron chi connectivity index (χ2n) is 4.28. The van der Waals surface area contributed by atoms with Gasteiger partial charge in [-0.05, 0) is 18.6 Å². The van der Waals surface area contributed by atoms with Crippen molar-refractivity contribution in [2.75, 3.05) is 6.61 Å². The van der Waals surface area contributed by atoms with Gasteiger partial charge in [0.15, 0.2) is 0 Å². The standard InChI is InChI=1S/C15H24O.CH4/c1-2-3-4-5-6-7-11-14-16-15-12-9-8-10-13-15;/h8-10,12-13H,2-7,11,14H2,1H3;1H4. The fraction of sp³-hybridized carbons (Fsp3) is 0.625. The molecular formula is C16H28O. The van der Waals surface area contributed by atoms with Gasteiger partial charge in [0.25, 0.3) is 0 Å². The van der Waals surface area contributed by atoms with Crippen molar-refractivity contribution in [2.45, 2.75) is 59.3 Å². The molecule has 1 aromatic carbocycles. The molecule has 1 aromatic rings. The van der Waals surface area contributed by atoms with Crippen LogP contribution in [-0.2, 0) is 0 Å². The van der Waals surface area contributed by atoms with E-state index in [2.05, 4.69) is 6.92 Å². The molecule has 0 aliphatic carbocycles. The number of benzene rings is 1. The molecule has 0 atom stereocenters. The van der Waals surface area contributed by atoms with Crippen LogP contribution in [-0.4, -0.2) is 6.61 Å². The Morgan fingerprint density at radius 1 is 0.824 bits per heavy atom. The summed E-state index contributed by atoms with van der Waals surface area (Å²) in [6.07, 6.45) is 9.35. The van der Waals surface area contributed by atoms with Crippen LogP contribution in [0, 0.1) is 0 Å². The summed E-state index contributed by atoms with van der Waals surface area (Å²) in [5, 5.41) is 0. The molecule has 17 heavy (non-hydrogen) atoms. The maximum atomic E-state index is 5.63. The molecule has 0 radical (unpaired) electrons. The van der Waals surface area contributed by atoms with Crippen LogP contribution in [0.1, 0.15) is 59.3 Å². The van der Waals surface area contributed by atoms with E-state index in [9.17, 15) is 0 Å². The van der Waals surface area contributed by atoms with Crippen molar-refractivity contribution in [1.29, 1.82) is 0 Å². The summed E-state index contributed by atoms with van der Waals surface area (Å²) in [5.41, 5.74) is 0. The highest BCUT2D eigenvalue weighted by Crippen LogP contribution is 2.10. The lowest BCUT2D eigenvalue weighted by atomic mass is 10.1. The Hall–Kier alpha value is -0.980. The third-order valence-electron chi connectivity index (χ3n) is 2.76. The first-order chi connectivity index (χ1) is 7.93. The molecule has 0 bridgehead atoms. The van der Waals surface area contributed by atoms with Gasteiger partial charge < -0.3 is 4.74 Å². The van der Waals surface area contributed by atoms with Gasteiger partial charge in [0.1, 0.15) is 5.75 Å². The summed E-state index contributed by atoms with van der Waals surface area (Å²) in [7, 11) is 0. The Balaban J connectivity index is 0.00000256. The molecule has 0 unspecified atom stereocenters. The van der Waals surface area contributed by atoms with E-state index < -0.39 is 0 Å². The molecule has 0 fully saturated rings. The van der Waals surface area contributed by atoms with Gasteiger partial charge in [0.2, 0.25) is 0 Å². The molecule has 1 heteroatoms. The van der Waals surface area contributed by atoms with Crippen molar-refractivity contribution in [3.63, 3.8) is 0 Å². The molecule has 1 rings (SSSR count). The highest BCUT2D eigenvalue weighted by Gasteiger charge is 1.93. The molecule has 1 nitrogen and oxygen atoms in total. The maximum Gasteiger partial charge on any atom is 0.119 e. The van der Waals surface area contributed by atoms with E-state index in [1.807, 2.05) is 30.3 Å². The Morgan fingerprint density at radius 2 is 1.41 bits per heavy atom. The summed E-state index contributed by atoms with van der Waals surface area (Å²) in [5.74, 6) is 0.994. The Labute approximate surface area is 107 Å². The smallest absolute Gasteiger partial charge is 0.119 e. The van der Waals surface area contributed by atoms with E-state index in [1.165, 1.54) is 44.9 Å². The summed E-state index contributed by atoms with van der Waals surface area (Å²) in [4.78, 5) is 0.